The molecular weight excluding hydrogens is 362 g/mol. The molecule has 2 nitrogen and oxygen atoms in total. The van der Waals surface area contributed by atoms with Crippen LogP contribution in [-0.2, 0) is 6.42 Å². The van der Waals surface area contributed by atoms with Gasteiger partial charge in [-0.25, -0.2) is 8.78 Å². The number of nitrogens with zero attached hydrogens (tertiary/aromatic N) is 2. The summed E-state index contributed by atoms with van der Waals surface area (Å²) >= 11 is 3.61. The highest BCUT2D eigenvalue weighted by atomic mass is 79.9. The van der Waals surface area contributed by atoms with Crippen molar-refractivity contribution in [3.05, 3.63) is 75.9 Å². The van der Waals surface area contributed by atoms with Crippen LogP contribution in [0.5, 0.6) is 0 Å². The Labute approximate surface area is 143 Å². The number of hydrazine groups is 1. The van der Waals surface area contributed by atoms with Crippen LogP contribution in [0.1, 0.15) is 12.0 Å². The molecule has 0 aliphatic carbocycles. The maximum absolute atomic E-state index is 14.0. The van der Waals surface area contributed by atoms with Crippen molar-refractivity contribution >= 4 is 21.6 Å². The van der Waals surface area contributed by atoms with Gasteiger partial charge in [0.15, 0.2) is 0 Å². The second-order valence-electron chi connectivity index (χ2n) is 5.51. The number of para-hydroxylation sites is 1. The maximum Gasteiger partial charge on any atom is 0.148 e. The van der Waals surface area contributed by atoms with Gasteiger partial charge in [-0.1, -0.05) is 40.2 Å². The normalized spacial score (nSPS) is 14.8. The molecule has 0 bridgehead atoms. The van der Waals surface area contributed by atoms with Crippen LogP contribution >= 0.6 is 15.9 Å². The van der Waals surface area contributed by atoms with Gasteiger partial charge in [0.2, 0.25) is 0 Å². The Morgan fingerprint density at radius 1 is 1.00 bits per heavy atom. The van der Waals surface area contributed by atoms with Crippen LogP contribution in [0.4, 0.5) is 14.5 Å². The Balaban J connectivity index is 1.72. The summed E-state index contributed by atoms with van der Waals surface area (Å²) in [6.45, 7) is 0.607. The molecule has 0 fully saturated rings. The van der Waals surface area contributed by atoms with Gasteiger partial charge in [-0.2, -0.15) is 0 Å². The molecule has 0 N–H and O–H groups in total. The molecule has 0 spiro atoms. The number of hydrogen-bond donors (Lipinski definition) is 0. The van der Waals surface area contributed by atoms with E-state index in [4.69, 9.17) is 0 Å². The van der Waals surface area contributed by atoms with Gasteiger partial charge in [-0.05, 0) is 42.7 Å². The van der Waals surface area contributed by atoms with E-state index in [1.54, 1.807) is 24.3 Å². The molecule has 5 heteroatoms. The first-order chi connectivity index (χ1) is 11.1. The third kappa shape index (κ3) is 3.39. The van der Waals surface area contributed by atoms with Crippen LogP contribution in [-0.4, -0.2) is 18.6 Å². The molecule has 1 aliphatic heterocycles. The smallest absolute Gasteiger partial charge is 0.148 e. The Hall–Kier alpha value is -1.88. The van der Waals surface area contributed by atoms with Crippen molar-refractivity contribution in [2.24, 2.45) is 0 Å². The summed E-state index contributed by atoms with van der Waals surface area (Å²) in [5.74, 6) is -0.461. The largest absolute Gasteiger partial charge is 0.291 e. The van der Waals surface area contributed by atoms with Crippen molar-refractivity contribution in [3.63, 3.8) is 0 Å². The van der Waals surface area contributed by atoms with Gasteiger partial charge in [0.05, 0.1) is 12.2 Å². The Morgan fingerprint density at radius 2 is 1.70 bits per heavy atom. The van der Waals surface area contributed by atoms with E-state index in [0.29, 0.717) is 12.2 Å². The molecule has 0 radical (unpaired) electrons. The number of anilines is 1. The molecule has 1 heterocycles. The van der Waals surface area contributed by atoms with E-state index in [1.165, 1.54) is 18.2 Å². The first-order valence-electron chi connectivity index (χ1n) is 7.44. The second-order valence-corrected chi connectivity index (χ2v) is 6.47. The first kappa shape index (κ1) is 16.0. The van der Waals surface area contributed by atoms with Gasteiger partial charge in [0.1, 0.15) is 11.6 Å². The van der Waals surface area contributed by atoms with Crippen LogP contribution in [0.2, 0.25) is 0 Å². The zero-order valence-corrected chi connectivity index (χ0v) is 14.4. The molecule has 2 aromatic carbocycles. The van der Waals surface area contributed by atoms with Crippen LogP contribution < -0.4 is 5.01 Å². The molecule has 2 aromatic rings. The summed E-state index contributed by atoms with van der Waals surface area (Å²) in [5, 5.41) is 3.88. The Morgan fingerprint density at radius 3 is 2.39 bits per heavy atom. The molecule has 23 heavy (non-hydrogen) atoms. The minimum atomic E-state index is -0.237. The molecule has 0 saturated heterocycles. The van der Waals surface area contributed by atoms with Crippen molar-refractivity contribution in [2.75, 3.05) is 18.6 Å². The minimum absolute atomic E-state index is 0.224. The van der Waals surface area contributed by atoms with Crippen LogP contribution in [0.15, 0.2) is 58.7 Å². The number of halogens is 3. The third-order valence-corrected chi connectivity index (χ3v) is 4.76. The maximum atomic E-state index is 14.0. The third-order valence-electron chi connectivity index (χ3n) is 4.05. The van der Waals surface area contributed by atoms with E-state index in [9.17, 15) is 8.78 Å². The summed E-state index contributed by atoms with van der Waals surface area (Å²) in [7, 11) is 1.93. The van der Waals surface area contributed by atoms with E-state index in [2.05, 4.69) is 15.9 Å². The molecule has 0 unspecified atom stereocenters. The quantitative estimate of drug-likeness (QED) is 0.748. The number of aryl methyl sites for hydroxylation is 1. The van der Waals surface area contributed by atoms with E-state index < -0.39 is 0 Å². The van der Waals surface area contributed by atoms with E-state index in [0.717, 1.165) is 28.6 Å². The fourth-order valence-electron chi connectivity index (χ4n) is 2.77. The highest BCUT2D eigenvalue weighted by Gasteiger charge is 2.27. The summed E-state index contributed by atoms with van der Waals surface area (Å²) in [4.78, 5) is 0. The molecule has 0 saturated carbocycles. The zero-order chi connectivity index (χ0) is 16.4. The van der Waals surface area contributed by atoms with Crippen molar-refractivity contribution in [2.45, 2.75) is 12.8 Å². The lowest BCUT2D eigenvalue weighted by Crippen LogP contribution is -2.35. The minimum Gasteiger partial charge on any atom is -0.291 e. The fraction of sp³-hybridized carbons (Fsp3) is 0.222. The molecule has 0 aromatic heterocycles. The van der Waals surface area contributed by atoms with E-state index in [1.807, 2.05) is 23.1 Å². The number of hydrogen-bond acceptors (Lipinski definition) is 2. The van der Waals surface area contributed by atoms with Crippen molar-refractivity contribution in [1.29, 1.82) is 0 Å². The van der Waals surface area contributed by atoms with Crippen LogP contribution in [0.3, 0.4) is 0 Å². The van der Waals surface area contributed by atoms with Crippen LogP contribution in [0, 0.1) is 11.6 Å². The van der Waals surface area contributed by atoms with Crippen molar-refractivity contribution in [1.82, 2.24) is 5.01 Å². The molecular formula is C18H17BrF2N2. The Bertz CT molecular complexity index is 728. The highest BCUT2D eigenvalue weighted by Crippen LogP contribution is 2.34. The number of rotatable bonds is 4. The molecule has 0 amide bonds. The monoisotopic (exact) mass is 378 g/mol. The predicted molar refractivity (Wildman–Crippen MR) is 92.2 cm³/mol. The van der Waals surface area contributed by atoms with Gasteiger partial charge < -0.3 is 0 Å². The lowest BCUT2D eigenvalue weighted by Gasteiger charge is -2.30. The molecule has 3 rings (SSSR count). The first-order valence-corrected chi connectivity index (χ1v) is 8.23. The molecule has 120 valence electrons. The number of benzene rings is 2. The van der Waals surface area contributed by atoms with Gasteiger partial charge in [0, 0.05) is 17.2 Å². The van der Waals surface area contributed by atoms with Crippen LogP contribution in [0.25, 0.3) is 0 Å². The fourth-order valence-corrected chi connectivity index (χ4v) is 3.46. The van der Waals surface area contributed by atoms with Gasteiger partial charge >= 0.3 is 0 Å². The average Bonchev–Trinajstić information content (AvgIpc) is 2.82. The zero-order valence-electron chi connectivity index (χ0n) is 12.8. The van der Waals surface area contributed by atoms with Gasteiger partial charge in [-0.3, -0.25) is 10.0 Å². The SMILES string of the molecule is CN1C(CCc2ccc(F)cc2)=C(Br)CN1c1ccccc1F. The van der Waals surface area contributed by atoms with Gasteiger partial charge in [0.25, 0.3) is 0 Å². The van der Waals surface area contributed by atoms with Crippen molar-refractivity contribution < 1.29 is 8.78 Å². The lowest BCUT2D eigenvalue weighted by atomic mass is 10.1. The predicted octanol–water partition coefficient (Wildman–Crippen LogP) is 4.87. The highest BCUT2D eigenvalue weighted by molar-refractivity contribution is 9.11. The van der Waals surface area contributed by atoms with Crippen molar-refractivity contribution in [3.8, 4) is 0 Å². The number of allylic oxidation sites excluding steroid dienone is 1. The lowest BCUT2D eigenvalue weighted by molar-refractivity contribution is 0.400. The molecule has 0 atom stereocenters. The van der Waals surface area contributed by atoms with E-state index >= 15 is 0 Å². The summed E-state index contributed by atoms with van der Waals surface area (Å²) in [6, 6.07) is 13.3. The summed E-state index contributed by atoms with van der Waals surface area (Å²) < 4.78 is 28.0. The standard InChI is InChI=1S/C18H17BrF2N2/c1-22-17(11-8-13-6-9-14(20)10-7-13)15(19)12-23(22)18-5-3-2-4-16(18)21/h2-7,9-10H,8,11-12H2,1H3. The van der Waals surface area contributed by atoms with E-state index in [-0.39, 0.29) is 11.6 Å². The topological polar surface area (TPSA) is 6.48 Å². The van der Waals surface area contributed by atoms with Gasteiger partial charge in [-0.15, -0.1) is 0 Å². The summed E-state index contributed by atoms with van der Waals surface area (Å²) in [5.41, 5.74) is 2.75. The molecule has 1 aliphatic rings. The Kier molecular flexibility index (Phi) is 4.66. The second kappa shape index (κ2) is 6.71. The summed E-state index contributed by atoms with van der Waals surface area (Å²) in [6.07, 6.45) is 1.60. The average molecular weight is 379 g/mol.